The molecule has 0 aliphatic carbocycles. The summed E-state index contributed by atoms with van der Waals surface area (Å²) in [6.07, 6.45) is 0. The van der Waals surface area contributed by atoms with Crippen LogP contribution >= 0.6 is 12.4 Å². The summed E-state index contributed by atoms with van der Waals surface area (Å²) in [4.78, 5) is 10.1. The number of carbonyl (C=O) groups is 1. The molecule has 0 bridgehead atoms. The molecule has 0 spiro atoms. The third kappa shape index (κ3) is 10.7. The first-order chi connectivity index (χ1) is 4.13. The van der Waals surface area contributed by atoms with E-state index in [0.717, 1.165) is 6.54 Å². The molecule has 0 saturated carbocycles. The van der Waals surface area contributed by atoms with Crippen molar-refractivity contribution in [3.05, 3.63) is 0 Å². The van der Waals surface area contributed by atoms with Crippen molar-refractivity contribution in [1.29, 1.82) is 0 Å². The maximum absolute atomic E-state index is 10.1. The Balaban J connectivity index is 0. The molecule has 1 amide bonds. The van der Waals surface area contributed by atoms with Crippen molar-refractivity contribution in [1.82, 2.24) is 5.32 Å². The van der Waals surface area contributed by atoms with E-state index >= 15 is 0 Å². The average molecular weight is 167 g/mol. The second-order valence-electron chi connectivity index (χ2n) is 2.49. The van der Waals surface area contributed by atoms with E-state index in [-0.39, 0.29) is 24.9 Å². The fourth-order valence-electron chi connectivity index (χ4n) is 0.484. The maximum Gasteiger partial charge on any atom is 0.231 e. The van der Waals surface area contributed by atoms with Crippen LogP contribution in [0.25, 0.3) is 0 Å². The second kappa shape index (κ2) is 6.83. The zero-order chi connectivity index (χ0) is 7.28. The van der Waals surface area contributed by atoms with Gasteiger partial charge in [0, 0.05) is 0 Å². The highest BCUT2D eigenvalue weighted by Gasteiger charge is 1.94. The van der Waals surface area contributed by atoms with Crippen LogP contribution in [0.5, 0.6) is 0 Å². The van der Waals surface area contributed by atoms with Crippen molar-refractivity contribution in [2.45, 2.75) is 13.8 Å². The lowest BCUT2D eigenvalue weighted by Gasteiger charge is -2.03. The van der Waals surface area contributed by atoms with Crippen LogP contribution in [0.15, 0.2) is 0 Å². The largest absolute Gasteiger partial charge is 0.369 e. The van der Waals surface area contributed by atoms with Gasteiger partial charge in [0.25, 0.3) is 0 Å². The summed E-state index contributed by atoms with van der Waals surface area (Å²) in [5.41, 5.74) is 4.88. The molecule has 0 aliphatic heterocycles. The topological polar surface area (TPSA) is 55.1 Å². The van der Waals surface area contributed by atoms with Gasteiger partial charge in [0.15, 0.2) is 0 Å². The third-order valence-corrected chi connectivity index (χ3v) is 0.852. The van der Waals surface area contributed by atoms with Gasteiger partial charge in [0.05, 0.1) is 6.54 Å². The van der Waals surface area contributed by atoms with Gasteiger partial charge >= 0.3 is 0 Å². The summed E-state index contributed by atoms with van der Waals surface area (Å²) in [5.74, 6) is 0.278. The van der Waals surface area contributed by atoms with Crippen LogP contribution in [0.3, 0.4) is 0 Å². The van der Waals surface area contributed by atoms with E-state index in [0.29, 0.717) is 5.92 Å². The van der Waals surface area contributed by atoms with Gasteiger partial charge < -0.3 is 11.1 Å². The minimum atomic E-state index is -0.296. The van der Waals surface area contributed by atoms with Gasteiger partial charge in [-0.05, 0) is 12.5 Å². The van der Waals surface area contributed by atoms with Gasteiger partial charge in [-0.15, -0.1) is 12.4 Å². The average Bonchev–Trinajstić information content (AvgIpc) is 1.63. The Kier molecular flexibility index (Phi) is 8.48. The zero-order valence-corrected chi connectivity index (χ0v) is 7.20. The monoisotopic (exact) mass is 166 g/mol. The van der Waals surface area contributed by atoms with Gasteiger partial charge in [-0.1, -0.05) is 13.8 Å². The minimum absolute atomic E-state index is 0. The Morgan fingerprint density at radius 3 is 2.40 bits per heavy atom. The number of halogens is 1. The lowest BCUT2D eigenvalue weighted by atomic mass is 10.2. The van der Waals surface area contributed by atoms with Crippen LogP contribution < -0.4 is 11.1 Å². The first-order valence-electron chi connectivity index (χ1n) is 3.12. The van der Waals surface area contributed by atoms with Crippen LogP contribution in [0, 0.1) is 5.92 Å². The molecule has 0 rings (SSSR count). The number of hydrogen-bond donors (Lipinski definition) is 2. The van der Waals surface area contributed by atoms with Gasteiger partial charge in [-0.2, -0.15) is 0 Å². The number of hydrogen-bond acceptors (Lipinski definition) is 2. The fraction of sp³-hybridized carbons (Fsp3) is 0.833. The minimum Gasteiger partial charge on any atom is -0.369 e. The van der Waals surface area contributed by atoms with E-state index in [1.54, 1.807) is 0 Å². The Morgan fingerprint density at radius 1 is 1.60 bits per heavy atom. The van der Waals surface area contributed by atoms with Crippen molar-refractivity contribution < 1.29 is 4.79 Å². The highest BCUT2D eigenvalue weighted by molar-refractivity contribution is 5.85. The highest BCUT2D eigenvalue weighted by Crippen LogP contribution is 1.85. The highest BCUT2D eigenvalue weighted by atomic mass is 35.5. The third-order valence-electron chi connectivity index (χ3n) is 0.852. The SMILES string of the molecule is CC(C)CNCC(N)=O.Cl. The molecule has 0 aromatic heterocycles. The van der Waals surface area contributed by atoms with E-state index in [1.165, 1.54) is 0 Å². The molecule has 0 saturated heterocycles. The summed E-state index contributed by atoms with van der Waals surface area (Å²) >= 11 is 0. The van der Waals surface area contributed by atoms with Crippen molar-refractivity contribution in [3.8, 4) is 0 Å². The predicted octanol–water partition coefficient (Wildman–Crippen LogP) is 0.139. The molecule has 0 fully saturated rings. The lowest BCUT2D eigenvalue weighted by molar-refractivity contribution is -0.117. The zero-order valence-electron chi connectivity index (χ0n) is 6.39. The van der Waals surface area contributed by atoms with Crippen molar-refractivity contribution in [2.24, 2.45) is 11.7 Å². The first kappa shape index (κ1) is 12.4. The van der Waals surface area contributed by atoms with Crippen molar-refractivity contribution >= 4 is 18.3 Å². The van der Waals surface area contributed by atoms with Crippen LogP contribution in [0.4, 0.5) is 0 Å². The Bertz CT molecular complexity index is 95.7. The van der Waals surface area contributed by atoms with Gasteiger partial charge in [-0.3, -0.25) is 4.79 Å². The Morgan fingerprint density at radius 2 is 2.10 bits per heavy atom. The molecule has 0 aliphatic rings. The van der Waals surface area contributed by atoms with Crippen LogP contribution in [0.1, 0.15) is 13.8 Å². The lowest BCUT2D eigenvalue weighted by Crippen LogP contribution is -2.30. The molecule has 4 heteroatoms. The van der Waals surface area contributed by atoms with Gasteiger partial charge in [0.1, 0.15) is 0 Å². The Hall–Kier alpha value is -0.280. The normalized spacial score (nSPS) is 9.10. The quantitative estimate of drug-likeness (QED) is 0.624. The van der Waals surface area contributed by atoms with Crippen LogP contribution in [-0.2, 0) is 4.79 Å². The molecular weight excluding hydrogens is 152 g/mol. The molecule has 0 radical (unpaired) electrons. The number of primary amides is 1. The van der Waals surface area contributed by atoms with E-state index in [9.17, 15) is 4.79 Å². The molecule has 10 heavy (non-hydrogen) atoms. The standard InChI is InChI=1S/C6H14N2O.ClH/c1-5(2)3-8-4-6(7)9;/h5,8H,3-4H2,1-2H3,(H2,7,9);1H. The molecule has 0 heterocycles. The van der Waals surface area contributed by atoms with E-state index in [2.05, 4.69) is 19.2 Å². The smallest absolute Gasteiger partial charge is 0.231 e. The first-order valence-corrected chi connectivity index (χ1v) is 3.12. The summed E-state index contributed by atoms with van der Waals surface area (Å²) in [5, 5.41) is 2.91. The molecule has 0 unspecified atom stereocenters. The molecule has 0 aromatic rings. The molecule has 62 valence electrons. The van der Waals surface area contributed by atoms with Gasteiger partial charge in [-0.25, -0.2) is 0 Å². The molecule has 3 nitrogen and oxygen atoms in total. The number of rotatable bonds is 4. The number of nitrogens with two attached hydrogens (primary N) is 1. The second-order valence-corrected chi connectivity index (χ2v) is 2.49. The number of carbonyl (C=O) groups excluding carboxylic acids is 1. The number of nitrogens with one attached hydrogen (secondary N) is 1. The predicted molar refractivity (Wildman–Crippen MR) is 44.2 cm³/mol. The summed E-state index contributed by atoms with van der Waals surface area (Å²) in [7, 11) is 0. The number of amides is 1. The van der Waals surface area contributed by atoms with Crippen LogP contribution in [-0.4, -0.2) is 19.0 Å². The Labute approximate surface area is 67.8 Å². The van der Waals surface area contributed by atoms with Gasteiger partial charge in [0.2, 0.25) is 5.91 Å². The summed E-state index contributed by atoms with van der Waals surface area (Å²) < 4.78 is 0. The molecule has 0 atom stereocenters. The van der Waals surface area contributed by atoms with E-state index in [1.807, 2.05) is 0 Å². The van der Waals surface area contributed by atoms with E-state index < -0.39 is 0 Å². The van der Waals surface area contributed by atoms with Crippen molar-refractivity contribution in [3.63, 3.8) is 0 Å². The summed E-state index contributed by atoms with van der Waals surface area (Å²) in [6.45, 7) is 5.29. The molecule has 0 aromatic carbocycles. The molecular formula is C6H15ClN2O. The van der Waals surface area contributed by atoms with Crippen molar-refractivity contribution in [2.75, 3.05) is 13.1 Å². The van der Waals surface area contributed by atoms with E-state index in [4.69, 9.17) is 5.73 Å². The van der Waals surface area contributed by atoms with Crippen LogP contribution in [0.2, 0.25) is 0 Å². The fourth-order valence-corrected chi connectivity index (χ4v) is 0.484. The molecule has 3 N–H and O–H groups in total. The maximum atomic E-state index is 10.1. The summed E-state index contributed by atoms with van der Waals surface area (Å²) in [6, 6.07) is 0.